The molecule has 0 bridgehead atoms. The van der Waals surface area contributed by atoms with E-state index in [-0.39, 0.29) is 5.56 Å². The van der Waals surface area contributed by atoms with E-state index in [2.05, 4.69) is 9.97 Å². The minimum absolute atomic E-state index is 0.127. The van der Waals surface area contributed by atoms with Gasteiger partial charge in [-0.25, -0.2) is 4.98 Å². The van der Waals surface area contributed by atoms with Crippen LogP contribution in [0.25, 0.3) is 11.0 Å². The lowest BCUT2D eigenvalue weighted by Gasteiger charge is -2.02. The first-order valence-corrected chi connectivity index (χ1v) is 4.81. The molecule has 0 radical (unpaired) electrons. The number of aryl methyl sites for hydroxylation is 1. The summed E-state index contributed by atoms with van der Waals surface area (Å²) in [5.74, 6) is 0.712. The summed E-state index contributed by atoms with van der Waals surface area (Å²) in [7, 11) is 1.59. The normalized spacial score (nSPS) is 10.5. The summed E-state index contributed by atoms with van der Waals surface area (Å²) < 4.78 is 5.07. The number of aromatic nitrogens is 2. The molecule has 2 rings (SSSR count). The molecule has 15 heavy (non-hydrogen) atoms. The summed E-state index contributed by atoms with van der Waals surface area (Å²) in [5, 5.41) is 0. The maximum Gasteiger partial charge on any atom is 0.270 e. The summed E-state index contributed by atoms with van der Waals surface area (Å²) in [6.07, 6.45) is 0.636. The van der Waals surface area contributed by atoms with Gasteiger partial charge in [0, 0.05) is 6.07 Å². The minimum atomic E-state index is -0.127. The Kier molecular flexibility index (Phi) is 2.41. The van der Waals surface area contributed by atoms with Crippen molar-refractivity contribution in [1.82, 2.24) is 9.97 Å². The molecule has 1 aromatic carbocycles. The summed E-state index contributed by atoms with van der Waals surface area (Å²) >= 11 is 0. The molecule has 0 atom stereocenters. The molecule has 1 N–H and O–H groups in total. The SMILES string of the molecule is CCc1nc2ccc(OC)cc2[nH]c1=O. The van der Waals surface area contributed by atoms with E-state index < -0.39 is 0 Å². The molecule has 0 aliphatic heterocycles. The van der Waals surface area contributed by atoms with E-state index in [4.69, 9.17) is 4.74 Å². The topological polar surface area (TPSA) is 55.0 Å². The average Bonchev–Trinajstić information content (AvgIpc) is 2.27. The van der Waals surface area contributed by atoms with Gasteiger partial charge in [-0.2, -0.15) is 0 Å². The Bertz CT molecular complexity index is 546. The standard InChI is InChI=1S/C11H12N2O2/c1-3-8-11(14)13-10-6-7(15-2)4-5-9(10)12-8/h4-6H,3H2,1-2H3,(H,13,14). The van der Waals surface area contributed by atoms with Gasteiger partial charge in [0.2, 0.25) is 0 Å². The number of hydrogen-bond donors (Lipinski definition) is 1. The van der Waals surface area contributed by atoms with Gasteiger partial charge in [0.05, 0.1) is 18.1 Å². The van der Waals surface area contributed by atoms with Crippen LogP contribution in [0.5, 0.6) is 5.75 Å². The fraction of sp³-hybridized carbons (Fsp3) is 0.273. The van der Waals surface area contributed by atoms with Crippen molar-refractivity contribution in [2.45, 2.75) is 13.3 Å². The Morgan fingerprint density at radius 1 is 1.47 bits per heavy atom. The fourth-order valence-corrected chi connectivity index (χ4v) is 1.47. The lowest BCUT2D eigenvalue weighted by atomic mass is 10.2. The van der Waals surface area contributed by atoms with Gasteiger partial charge in [-0.15, -0.1) is 0 Å². The first kappa shape index (κ1) is 9.71. The Hall–Kier alpha value is -1.84. The molecule has 1 heterocycles. The number of nitrogens with one attached hydrogen (secondary N) is 1. The van der Waals surface area contributed by atoms with E-state index in [9.17, 15) is 4.79 Å². The predicted octanol–water partition coefficient (Wildman–Crippen LogP) is 1.49. The fourth-order valence-electron chi connectivity index (χ4n) is 1.47. The van der Waals surface area contributed by atoms with Crippen molar-refractivity contribution in [3.63, 3.8) is 0 Å². The van der Waals surface area contributed by atoms with Gasteiger partial charge in [0.25, 0.3) is 5.56 Å². The number of hydrogen-bond acceptors (Lipinski definition) is 3. The number of aromatic amines is 1. The van der Waals surface area contributed by atoms with Crippen LogP contribution in [0.15, 0.2) is 23.0 Å². The molecule has 0 fully saturated rings. The summed E-state index contributed by atoms with van der Waals surface area (Å²) in [6, 6.07) is 5.43. The highest BCUT2D eigenvalue weighted by atomic mass is 16.5. The van der Waals surface area contributed by atoms with Crippen molar-refractivity contribution in [3.8, 4) is 5.75 Å². The van der Waals surface area contributed by atoms with Gasteiger partial charge in [-0.1, -0.05) is 6.92 Å². The van der Waals surface area contributed by atoms with Gasteiger partial charge in [-0.05, 0) is 18.6 Å². The first-order valence-electron chi connectivity index (χ1n) is 4.81. The molecule has 78 valence electrons. The Morgan fingerprint density at radius 3 is 2.93 bits per heavy atom. The van der Waals surface area contributed by atoms with Gasteiger partial charge in [-0.3, -0.25) is 4.79 Å². The summed E-state index contributed by atoms with van der Waals surface area (Å²) in [6.45, 7) is 1.91. The second-order valence-corrected chi connectivity index (χ2v) is 3.25. The van der Waals surface area contributed by atoms with Crippen molar-refractivity contribution in [3.05, 3.63) is 34.2 Å². The lowest BCUT2D eigenvalue weighted by molar-refractivity contribution is 0.415. The zero-order valence-corrected chi connectivity index (χ0v) is 8.70. The average molecular weight is 204 g/mol. The quantitative estimate of drug-likeness (QED) is 0.806. The van der Waals surface area contributed by atoms with Crippen molar-refractivity contribution in [1.29, 1.82) is 0 Å². The minimum Gasteiger partial charge on any atom is -0.497 e. The third kappa shape index (κ3) is 1.70. The van der Waals surface area contributed by atoms with Gasteiger partial charge in [0.15, 0.2) is 0 Å². The third-order valence-electron chi connectivity index (χ3n) is 2.30. The van der Waals surface area contributed by atoms with Crippen LogP contribution in [0.1, 0.15) is 12.6 Å². The lowest BCUT2D eigenvalue weighted by Crippen LogP contribution is -2.14. The molecule has 4 heteroatoms. The maximum atomic E-state index is 11.5. The van der Waals surface area contributed by atoms with E-state index in [0.29, 0.717) is 23.4 Å². The Morgan fingerprint density at radius 2 is 2.27 bits per heavy atom. The molecular formula is C11H12N2O2. The molecule has 2 aromatic rings. The number of nitrogens with zero attached hydrogens (tertiary/aromatic N) is 1. The molecule has 0 aliphatic rings. The van der Waals surface area contributed by atoms with Crippen LogP contribution in [0.4, 0.5) is 0 Å². The number of H-pyrrole nitrogens is 1. The van der Waals surface area contributed by atoms with E-state index in [0.717, 1.165) is 5.52 Å². The molecule has 4 nitrogen and oxygen atoms in total. The van der Waals surface area contributed by atoms with Crippen LogP contribution in [-0.4, -0.2) is 17.1 Å². The molecule has 0 aliphatic carbocycles. The maximum absolute atomic E-state index is 11.5. The monoisotopic (exact) mass is 204 g/mol. The highest BCUT2D eigenvalue weighted by Crippen LogP contribution is 2.16. The van der Waals surface area contributed by atoms with E-state index in [1.54, 1.807) is 13.2 Å². The molecule has 0 saturated carbocycles. The molecular weight excluding hydrogens is 192 g/mol. The van der Waals surface area contributed by atoms with Gasteiger partial charge >= 0.3 is 0 Å². The molecule has 0 amide bonds. The number of fused-ring (bicyclic) bond motifs is 1. The van der Waals surface area contributed by atoms with Crippen LogP contribution >= 0.6 is 0 Å². The van der Waals surface area contributed by atoms with Gasteiger partial charge < -0.3 is 9.72 Å². The number of rotatable bonds is 2. The number of methoxy groups -OCH3 is 1. The van der Waals surface area contributed by atoms with Crippen LogP contribution in [0, 0.1) is 0 Å². The van der Waals surface area contributed by atoms with E-state index in [1.165, 1.54) is 0 Å². The first-order chi connectivity index (χ1) is 7.24. The highest BCUT2D eigenvalue weighted by molar-refractivity contribution is 5.75. The zero-order chi connectivity index (χ0) is 10.8. The Balaban J connectivity index is 2.70. The number of ether oxygens (including phenoxy) is 1. The summed E-state index contributed by atoms with van der Waals surface area (Å²) in [5.41, 5.74) is 1.93. The third-order valence-corrected chi connectivity index (χ3v) is 2.30. The van der Waals surface area contributed by atoms with E-state index in [1.807, 2.05) is 19.1 Å². The Labute approximate surface area is 86.9 Å². The molecule has 0 saturated heterocycles. The van der Waals surface area contributed by atoms with Crippen LogP contribution in [-0.2, 0) is 6.42 Å². The highest BCUT2D eigenvalue weighted by Gasteiger charge is 2.03. The van der Waals surface area contributed by atoms with Gasteiger partial charge in [0.1, 0.15) is 11.4 Å². The summed E-state index contributed by atoms with van der Waals surface area (Å²) in [4.78, 5) is 18.6. The second-order valence-electron chi connectivity index (χ2n) is 3.25. The molecule has 1 aromatic heterocycles. The van der Waals surface area contributed by atoms with Crippen LogP contribution < -0.4 is 10.3 Å². The van der Waals surface area contributed by atoms with E-state index >= 15 is 0 Å². The van der Waals surface area contributed by atoms with Crippen molar-refractivity contribution in [2.75, 3.05) is 7.11 Å². The largest absolute Gasteiger partial charge is 0.497 e. The smallest absolute Gasteiger partial charge is 0.270 e. The second kappa shape index (κ2) is 3.73. The number of benzene rings is 1. The van der Waals surface area contributed by atoms with Crippen molar-refractivity contribution in [2.24, 2.45) is 0 Å². The van der Waals surface area contributed by atoms with Crippen molar-refractivity contribution < 1.29 is 4.74 Å². The zero-order valence-electron chi connectivity index (χ0n) is 8.70. The predicted molar refractivity (Wildman–Crippen MR) is 58.3 cm³/mol. The van der Waals surface area contributed by atoms with Crippen LogP contribution in [0.2, 0.25) is 0 Å². The molecule has 0 unspecified atom stereocenters. The molecule has 0 spiro atoms. The van der Waals surface area contributed by atoms with Crippen LogP contribution in [0.3, 0.4) is 0 Å². The van der Waals surface area contributed by atoms with Crippen molar-refractivity contribution >= 4 is 11.0 Å².